The van der Waals surface area contributed by atoms with Crippen molar-refractivity contribution in [2.45, 2.75) is 83.0 Å². The lowest BCUT2D eigenvalue weighted by molar-refractivity contribution is -0.223. The van der Waals surface area contributed by atoms with Gasteiger partial charge in [-0.2, -0.15) is 0 Å². The topological polar surface area (TPSA) is 66.8 Å². The van der Waals surface area contributed by atoms with Crippen LogP contribution < -0.4 is 0 Å². The van der Waals surface area contributed by atoms with E-state index in [1.807, 2.05) is 0 Å². The second kappa shape index (κ2) is 5.28. The van der Waals surface area contributed by atoms with Crippen LogP contribution >= 0.6 is 0 Å². The zero-order valence-corrected chi connectivity index (χ0v) is 15.3. The maximum absolute atomic E-state index is 13.3. The molecule has 4 aliphatic rings. The third-order valence-electron chi connectivity index (χ3n) is 8.87. The smallest absolute Gasteiger partial charge is 0.165 e. The van der Waals surface area contributed by atoms with Gasteiger partial charge in [-0.1, -0.05) is 13.8 Å². The van der Waals surface area contributed by atoms with Crippen LogP contribution in [0.3, 0.4) is 0 Å². The number of carbonyl (C=O) groups excluding carboxylic acids is 1. The van der Waals surface area contributed by atoms with Crippen molar-refractivity contribution in [3.05, 3.63) is 0 Å². The first-order valence-electron chi connectivity index (χ1n) is 9.73. The van der Waals surface area contributed by atoms with Gasteiger partial charge in [0.15, 0.2) is 5.78 Å². The minimum atomic E-state index is -0.809. The van der Waals surface area contributed by atoms with Crippen LogP contribution in [-0.2, 0) is 9.53 Å². The Bertz CT molecular complexity index is 548. The highest BCUT2D eigenvalue weighted by molar-refractivity contribution is 5.90. The second-order valence-electron chi connectivity index (χ2n) is 9.49. The summed E-state index contributed by atoms with van der Waals surface area (Å²) in [6.07, 6.45) is 6.04. The maximum atomic E-state index is 13.3. The predicted molar refractivity (Wildman–Crippen MR) is 90.4 cm³/mol. The first kappa shape index (κ1) is 17.0. The molecule has 0 aromatic rings. The van der Waals surface area contributed by atoms with E-state index >= 15 is 0 Å². The number of carbonyl (C=O) groups is 1. The van der Waals surface area contributed by atoms with Crippen LogP contribution in [0.5, 0.6) is 0 Å². The summed E-state index contributed by atoms with van der Waals surface area (Å²) in [5, 5.41) is 20.8. The Balaban J connectivity index is 1.74. The molecule has 0 aromatic heterocycles. The van der Waals surface area contributed by atoms with Gasteiger partial charge in [0.1, 0.15) is 5.60 Å². The molecule has 0 amide bonds. The fraction of sp³-hybridized carbons (Fsp3) is 0.950. The molecule has 0 aromatic carbocycles. The van der Waals surface area contributed by atoms with Crippen LogP contribution in [0, 0.1) is 28.6 Å². The Labute approximate surface area is 145 Å². The van der Waals surface area contributed by atoms with E-state index in [2.05, 4.69) is 13.8 Å². The lowest BCUT2D eigenvalue weighted by Crippen LogP contribution is -2.68. The van der Waals surface area contributed by atoms with Crippen LogP contribution in [0.25, 0.3) is 0 Å². The van der Waals surface area contributed by atoms with Gasteiger partial charge in [-0.3, -0.25) is 4.79 Å². The summed E-state index contributed by atoms with van der Waals surface area (Å²) in [6.45, 7) is 4.48. The molecule has 4 fully saturated rings. The molecule has 0 heterocycles. The van der Waals surface area contributed by atoms with E-state index in [-0.39, 0.29) is 22.7 Å². The summed E-state index contributed by atoms with van der Waals surface area (Å²) in [5.41, 5.74) is -1.01. The largest absolute Gasteiger partial charge is 0.393 e. The van der Waals surface area contributed by atoms with E-state index in [4.69, 9.17) is 4.74 Å². The molecule has 4 aliphatic carbocycles. The van der Waals surface area contributed by atoms with Crippen LogP contribution in [-0.4, -0.2) is 40.9 Å². The van der Waals surface area contributed by atoms with Crippen molar-refractivity contribution >= 4 is 5.78 Å². The summed E-state index contributed by atoms with van der Waals surface area (Å²) >= 11 is 0. The van der Waals surface area contributed by atoms with E-state index in [0.29, 0.717) is 30.6 Å². The molecule has 0 radical (unpaired) electrons. The number of hydrogen-bond acceptors (Lipinski definition) is 4. The third kappa shape index (κ3) is 1.88. The minimum Gasteiger partial charge on any atom is -0.393 e. The number of methoxy groups -OCH3 is 1. The Morgan fingerprint density at radius 1 is 1.04 bits per heavy atom. The van der Waals surface area contributed by atoms with Crippen molar-refractivity contribution in [2.75, 3.05) is 7.11 Å². The van der Waals surface area contributed by atoms with Gasteiger partial charge >= 0.3 is 0 Å². The SMILES string of the molecule is CO[C@]12C[C@H](O)CC[C@]1(C)[C@H]1CC[C@]3(C)C(O)CC[C@H]3[C@@H]1CC2=O. The van der Waals surface area contributed by atoms with Crippen LogP contribution in [0.4, 0.5) is 0 Å². The van der Waals surface area contributed by atoms with Crippen molar-refractivity contribution in [3.63, 3.8) is 0 Å². The average molecular weight is 336 g/mol. The molecular formula is C20H32O4. The number of ketones is 1. The quantitative estimate of drug-likeness (QED) is 0.773. The van der Waals surface area contributed by atoms with Crippen molar-refractivity contribution in [3.8, 4) is 0 Å². The van der Waals surface area contributed by atoms with Gasteiger partial charge in [0.25, 0.3) is 0 Å². The van der Waals surface area contributed by atoms with E-state index in [1.165, 1.54) is 0 Å². The molecule has 0 aliphatic heterocycles. The van der Waals surface area contributed by atoms with E-state index in [9.17, 15) is 15.0 Å². The van der Waals surface area contributed by atoms with E-state index < -0.39 is 11.7 Å². The number of fused-ring (bicyclic) bond motifs is 5. The van der Waals surface area contributed by atoms with Crippen LogP contribution in [0.1, 0.15) is 65.2 Å². The monoisotopic (exact) mass is 336 g/mol. The second-order valence-corrected chi connectivity index (χ2v) is 9.49. The molecule has 8 atom stereocenters. The highest BCUT2D eigenvalue weighted by Gasteiger charge is 2.68. The van der Waals surface area contributed by atoms with Gasteiger partial charge in [0.05, 0.1) is 12.2 Å². The van der Waals surface area contributed by atoms with Gasteiger partial charge in [-0.25, -0.2) is 0 Å². The molecule has 4 saturated carbocycles. The number of aliphatic hydroxyl groups is 2. The standard InChI is InChI=1S/C20H32O4/c1-18-8-7-15-13(14(18)4-5-16(18)22)10-17(23)20(24-3)11-12(21)6-9-19(15,20)2/h12-16,21-22H,4-11H2,1-3H3/t12-,13+,14+,15+,16?,18+,19-,20+/m1/s1. The zero-order chi connectivity index (χ0) is 17.3. The summed E-state index contributed by atoms with van der Waals surface area (Å²) in [7, 11) is 1.65. The number of rotatable bonds is 1. The Hall–Kier alpha value is -0.450. The first-order chi connectivity index (χ1) is 11.3. The molecular weight excluding hydrogens is 304 g/mol. The fourth-order valence-electron chi connectivity index (χ4n) is 7.40. The maximum Gasteiger partial charge on any atom is 0.165 e. The number of ether oxygens (including phenoxy) is 1. The summed E-state index contributed by atoms with van der Waals surface area (Å²) in [6, 6.07) is 0. The summed E-state index contributed by atoms with van der Waals surface area (Å²) in [5.74, 6) is 1.48. The normalized spacial score (nSPS) is 57.2. The summed E-state index contributed by atoms with van der Waals surface area (Å²) in [4.78, 5) is 13.3. The van der Waals surface area contributed by atoms with Crippen molar-refractivity contribution in [1.29, 1.82) is 0 Å². The Morgan fingerprint density at radius 3 is 2.50 bits per heavy atom. The highest BCUT2D eigenvalue weighted by atomic mass is 16.5. The molecule has 4 nitrogen and oxygen atoms in total. The number of aliphatic hydroxyl groups excluding tert-OH is 2. The van der Waals surface area contributed by atoms with E-state index in [0.717, 1.165) is 38.5 Å². The van der Waals surface area contributed by atoms with Gasteiger partial charge < -0.3 is 14.9 Å². The molecule has 0 bridgehead atoms. The molecule has 24 heavy (non-hydrogen) atoms. The molecule has 1 unspecified atom stereocenters. The van der Waals surface area contributed by atoms with Gasteiger partial charge in [0, 0.05) is 25.4 Å². The lowest BCUT2D eigenvalue weighted by Gasteiger charge is -2.63. The van der Waals surface area contributed by atoms with Gasteiger partial charge in [0.2, 0.25) is 0 Å². The lowest BCUT2D eigenvalue weighted by atomic mass is 9.43. The molecule has 0 spiro atoms. The number of hydrogen-bond donors (Lipinski definition) is 2. The van der Waals surface area contributed by atoms with Crippen molar-refractivity contribution in [1.82, 2.24) is 0 Å². The van der Waals surface area contributed by atoms with Crippen LogP contribution in [0.15, 0.2) is 0 Å². The predicted octanol–water partition coefficient (Wildman–Crippen LogP) is 2.70. The van der Waals surface area contributed by atoms with Gasteiger partial charge in [-0.05, 0) is 61.7 Å². The molecule has 2 N–H and O–H groups in total. The zero-order valence-electron chi connectivity index (χ0n) is 15.3. The highest BCUT2D eigenvalue weighted by Crippen LogP contribution is 2.67. The summed E-state index contributed by atoms with van der Waals surface area (Å²) < 4.78 is 5.92. The Morgan fingerprint density at radius 2 is 1.79 bits per heavy atom. The molecule has 4 rings (SSSR count). The van der Waals surface area contributed by atoms with Crippen LogP contribution in [0.2, 0.25) is 0 Å². The molecule has 0 saturated heterocycles. The van der Waals surface area contributed by atoms with Gasteiger partial charge in [-0.15, -0.1) is 0 Å². The minimum absolute atomic E-state index is 0.0148. The van der Waals surface area contributed by atoms with Crippen molar-refractivity contribution < 1.29 is 19.7 Å². The average Bonchev–Trinajstić information content (AvgIpc) is 2.85. The fourth-order valence-corrected chi connectivity index (χ4v) is 7.40. The Kier molecular flexibility index (Phi) is 3.73. The first-order valence-corrected chi connectivity index (χ1v) is 9.73. The third-order valence-corrected chi connectivity index (χ3v) is 8.87. The molecule has 4 heteroatoms. The van der Waals surface area contributed by atoms with E-state index in [1.54, 1.807) is 7.11 Å². The number of Topliss-reactive ketones (excluding diaryl/α,β-unsaturated/α-hetero) is 1. The van der Waals surface area contributed by atoms with Crippen molar-refractivity contribution in [2.24, 2.45) is 28.6 Å². The molecule has 136 valence electrons.